The second kappa shape index (κ2) is 19.0. The van der Waals surface area contributed by atoms with E-state index < -0.39 is 0 Å². The third-order valence-electron chi connectivity index (χ3n) is 8.54. The Kier molecular flexibility index (Phi) is 15.4. The molecule has 0 aliphatic heterocycles. The number of hydrogen-bond acceptors (Lipinski definition) is 3. The molecule has 3 heteroatoms. The third kappa shape index (κ3) is 11.2. The molecule has 0 unspecified atom stereocenters. The van der Waals surface area contributed by atoms with Crippen molar-refractivity contribution in [3.05, 3.63) is 59.2 Å². The van der Waals surface area contributed by atoms with Crippen molar-refractivity contribution in [2.24, 2.45) is 0 Å². The van der Waals surface area contributed by atoms with Gasteiger partial charge in [-0.15, -0.1) is 11.3 Å². The minimum absolute atomic E-state index is 0.941. The molecule has 41 heavy (non-hydrogen) atoms. The lowest BCUT2D eigenvalue weighted by atomic mass is 9.97. The van der Waals surface area contributed by atoms with Gasteiger partial charge in [0.15, 0.2) is 0 Å². The summed E-state index contributed by atoms with van der Waals surface area (Å²) in [7, 11) is 0. The SMILES string of the molecule is CCCCCCCCc1cc(-c2cc(CCCCCC)c(-c3ccc(N)c(CCCCCCCC)c3)s2)ccc1N. The lowest BCUT2D eigenvalue weighted by Crippen LogP contribution is -1.96. The van der Waals surface area contributed by atoms with Gasteiger partial charge >= 0.3 is 0 Å². The lowest BCUT2D eigenvalue weighted by molar-refractivity contribution is 0.608. The Hall–Kier alpha value is -2.26. The number of nitrogen functional groups attached to an aromatic ring is 2. The van der Waals surface area contributed by atoms with Crippen LogP contribution in [0.5, 0.6) is 0 Å². The maximum absolute atomic E-state index is 6.47. The van der Waals surface area contributed by atoms with E-state index in [1.165, 1.54) is 140 Å². The average Bonchev–Trinajstić information content (AvgIpc) is 3.40. The van der Waals surface area contributed by atoms with Gasteiger partial charge in [0.25, 0.3) is 0 Å². The van der Waals surface area contributed by atoms with Gasteiger partial charge in [0.2, 0.25) is 0 Å². The minimum atomic E-state index is 0.941. The predicted octanol–water partition coefficient (Wildman–Crippen LogP) is 12.2. The van der Waals surface area contributed by atoms with Gasteiger partial charge in [-0.25, -0.2) is 0 Å². The largest absolute Gasteiger partial charge is 0.399 e. The van der Waals surface area contributed by atoms with Crippen molar-refractivity contribution in [3.8, 4) is 20.9 Å². The van der Waals surface area contributed by atoms with Crippen molar-refractivity contribution in [1.29, 1.82) is 0 Å². The molecular weight excluding hydrogens is 516 g/mol. The summed E-state index contributed by atoms with van der Waals surface area (Å²) in [4.78, 5) is 2.79. The molecule has 2 aromatic carbocycles. The van der Waals surface area contributed by atoms with E-state index in [1.54, 1.807) is 0 Å². The molecular formula is C38H58N2S. The number of aryl methyl sites for hydroxylation is 3. The maximum Gasteiger partial charge on any atom is 0.0381 e. The van der Waals surface area contributed by atoms with E-state index in [4.69, 9.17) is 11.5 Å². The number of anilines is 2. The minimum Gasteiger partial charge on any atom is -0.399 e. The molecule has 3 rings (SSSR count). The molecule has 0 atom stereocenters. The van der Waals surface area contributed by atoms with Crippen LogP contribution in [0, 0.1) is 0 Å². The van der Waals surface area contributed by atoms with Gasteiger partial charge in [-0.3, -0.25) is 0 Å². The smallest absolute Gasteiger partial charge is 0.0381 e. The fraction of sp³-hybridized carbons (Fsp3) is 0.579. The molecule has 3 aromatic rings. The van der Waals surface area contributed by atoms with Gasteiger partial charge < -0.3 is 11.5 Å². The Balaban J connectivity index is 1.79. The Labute approximate surface area is 256 Å². The van der Waals surface area contributed by atoms with Crippen molar-refractivity contribution in [3.63, 3.8) is 0 Å². The Morgan fingerprint density at radius 2 is 0.878 bits per heavy atom. The molecule has 0 saturated carbocycles. The molecule has 0 amide bonds. The summed E-state index contributed by atoms with van der Waals surface area (Å²) in [6.45, 7) is 6.85. The third-order valence-corrected chi connectivity index (χ3v) is 9.82. The molecule has 2 nitrogen and oxygen atoms in total. The summed E-state index contributed by atoms with van der Waals surface area (Å²) in [6.07, 6.45) is 24.2. The first-order chi connectivity index (χ1) is 20.1. The number of hydrogen-bond donors (Lipinski definition) is 2. The highest BCUT2D eigenvalue weighted by molar-refractivity contribution is 7.19. The monoisotopic (exact) mass is 574 g/mol. The van der Waals surface area contributed by atoms with Crippen LogP contribution in [0.4, 0.5) is 11.4 Å². The van der Waals surface area contributed by atoms with E-state index in [0.29, 0.717) is 0 Å². The molecule has 1 aromatic heterocycles. The van der Waals surface area contributed by atoms with E-state index in [-0.39, 0.29) is 0 Å². The van der Waals surface area contributed by atoms with Crippen LogP contribution < -0.4 is 11.5 Å². The molecule has 0 fully saturated rings. The first-order valence-electron chi connectivity index (χ1n) is 17.0. The normalized spacial score (nSPS) is 11.4. The van der Waals surface area contributed by atoms with E-state index >= 15 is 0 Å². The highest BCUT2D eigenvalue weighted by atomic mass is 32.1. The molecule has 1 heterocycles. The van der Waals surface area contributed by atoms with Crippen LogP contribution in [0.3, 0.4) is 0 Å². The molecule has 226 valence electrons. The zero-order valence-corrected chi connectivity index (χ0v) is 27.4. The molecule has 0 spiro atoms. The number of thiophene rings is 1. The van der Waals surface area contributed by atoms with Gasteiger partial charge in [-0.05, 0) is 96.7 Å². The summed E-state index contributed by atoms with van der Waals surface area (Å²) in [5.74, 6) is 0. The molecule has 0 aliphatic carbocycles. The average molecular weight is 575 g/mol. The van der Waals surface area contributed by atoms with Crippen molar-refractivity contribution in [2.75, 3.05) is 11.5 Å². The zero-order chi connectivity index (χ0) is 29.3. The van der Waals surface area contributed by atoms with E-state index in [0.717, 1.165) is 30.6 Å². The van der Waals surface area contributed by atoms with Crippen LogP contribution in [0.25, 0.3) is 20.9 Å². The summed E-state index contributed by atoms with van der Waals surface area (Å²) in [5, 5.41) is 0. The second-order valence-electron chi connectivity index (χ2n) is 12.1. The number of nitrogens with two attached hydrogens (primary N) is 2. The quantitative estimate of drug-likeness (QED) is 0.0981. The fourth-order valence-corrected chi connectivity index (χ4v) is 7.08. The Bertz CT molecular complexity index is 1150. The van der Waals surface area contributed by atoms with Crippen LogP contribution in [-0.4, -0.2) is 0 Å². The summed E-state index contributed by atoms with van der Waals surface area (Å²) in [6, 6.07) is 16.0. The summed E-state index contributed by atoms with van der Waals surface area (Å²) >= 11 is 1.95. The van der Waals surface area contributed by atoms with Gasteiger partial charge in [-0.1, -0.05) is 116 Å². The van der Waals surface area contributed by atoms with Gasteiger partial charge in [0.1, 0.15) is 0 Å². The highest BCUT2D eigenvalue weighted by Crippen LogP contribution is 2.41. The first kappa shape index (κ1) is 33.2. The van der Waals surface area contributed by atoms with E-state index in [1.807, 2.05) is 11.3 Å². The highest BCUT2D eigenvalue weighted by Gasteiger charge is 2.15. The summed E-state index contributed by atoms with van der Waals surface area (Å²) in [5.41, 5.74) is 21.6. The number of benzene rings is 2. The van der Waals surface area contributed by atoms with Crippen molar-refractivity contribution in [2.45, 2.75) is 143 Å². The fourth-order valence-electron chi connectivity index (χ4n) is 5.87. The molecule has 0 bridgehead atoms. The number of rotatable bonds is 21. The van der Waals surface area contributed by atoms with Crippen LogP contribution in [-0.2, 0) is 19.3 Å². The van der Waals surface area contributed by atoms with Crippen molar-refractivity contribution in [1.82, 2.24) is 0 Å². The second-order valence-corrected chi connectivity index (χ2v) is 13.2. The van der Waals surface area contributed by atoms with Gasteiger partial charge in [0.05, 0.1) is 0 Å². The number of unbranched alkanes of at least 4 members (excludes halogenated alkanes) is 13. The molecule has 0 saturated heterocycles. The van der Waals surface area contributed by atoms with E-state index in [2.05, 4.69) is 63.2 Å². The standard InChI is InChI=1S/C38H58N2S/c1-4-7-10-13-15-18-20-30-27-32(23-25-35(30)39)37-29-33(22-17-12-9-6-3)38(41-37)34-24-26-36(40)31(28-34)21-19-16-14-11-8-5-2/h23-29H,4-22,39-40H2,1-3H3. The molecule has 0 aliphatic rings. The van der Waals surface area contributed by atoms with E-state index in [9.17, 15) is 0 Å². The summed E-state index contributed by atoms with van der Waals surface area (Å²) < 4.78 is 0. The maximum atomic E-state index is 6.47. The van der Waals surface area contributed by atoms with Gasteiger partial charge in [-0.2, -0.15) is 0 Å². The Morgan fingerprint density at radius 3 is 1.41 bits per heavy atom. The van der Waals surface area contributed by atoms with Crippen molar-refractivity contribution >= 4 is 22.7 Å². The van der Waals surface area contributed by atoms with Crippen molar-refractivity contribution < 1.29 is 0 Å². The topological polar surface area (TPSA) is 52.0 Å². The Morgan fingerprint density at radius 1 is 0.463 bits per heavy atom. The zero-order valence-electron chi connectivity index (χ0n) is 26.5. The van der Waals surface area contributed by atoms with Crippen LogP contribution in [0.1, 0.15) is 140 Å². The van der Waals surface area contributed by atoms with Crippen LogP contribution in [0.15, 0.2) is 42.5 Å². The predicted molar refractivity (Wildman–Crippen MR) is 186 cm³/mol. The first-order valence-corrected chi connectivity index (χ1v) is 17.8. The molecule has 0 radical (unpaired) electrons. The lowest BCUT2D eigenvalue weighted by Gasteiger charge is -2.10. The van der Waals surface area contributed by atoms with Crippen LogP contribution >= 0.6 is 11.3 Å². The molecule has 4 N–H and O–H groups in total. The van der Waals surface area contributed by atoms with Crippen LogP contribution in [0.2, 0.25) is 0 Å². The van der Waals surface area contributed by atoms with Gasteiger partial charge in [0, 0.05) is 21.1 Å².